The van der Waals surface area contributed by atoms with Crippen LogP contribution in [0.1, 0.15) is 6.42 Å². The molecule has 0 spiro atoms. The summed E-state index contributed by atoms with van der Waals surface area (Å²) in [7, 11) is 0. The van der Waals surface area contributed by atoms with Crippen LogP contribution in [0.3, 0.4) is 0 Å². The van der Waals surface area contributed by atoms with Gasteiger partial charge in [-0.1, -0.05) is 0 Å². The van der Waals surface area contributed by atoms with Gasteiger partial charge in [-0.2, -0.15) is 11.8 Å². The number of aliphatic carboxylic acids is 1. The Morgan fingerprint density at radius 2 is 2.20 bits per heavy atom. The van der Waals surface area contributed by atoms with Crippen molar-refractivity contribution in [2.75, 3.05) is 17.3 Å². The molecule has 0 aliphatic heterocycles. The molecule has 3 N–H and O–H groups in total. The zero-order chi connectivity index (χ0) is 15.1. The topological polar surface area (TPSA) is 78.4 Å². The Bertz CT molecular complexity index is 502. The van der Waals surface area contributed by atoms with E-state index in [4.69, 9.17) is 5.11 Å². The van der Waals surface area contributed by atoms with Gasteiger partial charge in [-0.15, -0.1) is 0 Å². The molecule has 0 saturated heterocycles. The van der Waals surface area contributed by atoms with Crippen LogP contribution in [0.15, 0.2) is 22.7 Å². The van der Waals surface area contributed by atoms with Gasteiger partial charge >= 0.3 is 12.0 Å². The first-order chi connectivity index (χ1) is 9.43. The number of carboxylic acid groups (broad SMARTS) is 1. The van der Waals surface area contributed by atoms with Crippen LogP contribution in [-0.4, -0.2) is 35.2 Å². The van der Waals surface area contributed by atoms with Gasteiger partial charge in [0.1, 0.15) is 11.9 Å². The standard InChI is InChI=1S/C12H14BrFN2O3S/c1-20-5-4-9(11(17)18)15-12(19)16-10-6-7(14)2-3-8(10)13/h2-3,6,9H,4-5H2,1H3,(H,17,18)(H2,15,16,19). The molecule has 0 heterocycles. The van der Waals surface area contributed by atoms with Crippen molar-refractivity contribution in [2.24, 2.45) is 0 Å². The summed E-state index contributed by atoms with van der Waals surface area (Å²) < 4.78 is 13.6. The van der Waals surface area contributed by atoms with Gasteiger partial charge in [0.05, 0.1) is 5.69 Å². The van der Waals surface area contributed by atoms with Gasteiger partial charge in [0.15, 0.2) is 0 Å². The lowest BCUT2D eigenvalue weighted by atomic mass is 10.2. The average molecular weight is 365 g/mol. The van der Waals surface area contributed by atoms with Gasteiger partial charge in [0.2, 0.25) is 0 Å². The normalized spacial score (nSPS) is 11.8. The van der Waals surface area contributed by atoms with Gasteiger partial charge in [0.25, 0.3) is 0 Å². The number of thioether (sulfide) groups is 1. The summed E-state index contributed by atoms with van der Waals surface area (Å²) in [5.41, 5.74) is 0.233. The smallest absolute Gasteiger partial charge is 0.326 e. The third kappa shape index (κ3) is 5.38. The lowest BCUT2D eigenvalue weighted by Gasteiger charge is -2.15. The van der Waals surface area contributed by atoms with Gasteiger partial charge in [-0.05, 0) is 52.6 Å². The maximum absolute atomic E-state index is 13.1. The molecular weight excluding hydrogens is 351 g/mol. The van der Waals surface area contributed by atoms with Crippen molar-refractivity contribution in [2.45, 2.75) is 12.5 Å². The van der Waals surface area contributed by atoms with Gasteiger partial charge in [-0.25, -0.2) is 14.0 Å². The van der Waals surface area contributed by atoms with Crippen molar-refractivity contribution < 1.29 is 19.1 Å². The van der Waals surface area contributed by atoms with Crippen LogP contribution in [0.4, 0.5) is 14.9 Å². The third-order valence-corrected chi connectivity index (χ3v) is 3.73. The van der Waals surface area contributed by atoms with E-state index in [2.05, 4.69) is 26.6 Å². The average Bonchev–Trinajstić information content (AvgIpc) is 2.38. The second-order valence-corrected chi connectivity index (χ2v) is 5.73. The number of halogens is 2. The number of carbonyl (C=O) groups excluding carboxylic acids is 1. The number of nitrogens with one attached hydrogen (secondary N) is 2. The predicted molar refractivity (Wildman–Crippen MR) is 80.7 cm³/mol. The van der Waals surface area contributed by atoms with Crippen LogP contribution in [-0.2, 0) is 4.79 Å². The summed E-state index contributed by atoms with van der Waals surface area (Å²) in [5.74, 6) is -0.992. The highest BCUT2D eigenvalue weighted by molar-refractivity contribution is 9.10. The van der Waals surface area contributed by atoms with Gasteiger partial charge in [-0.3, -0.25) is 0 Å². The summed E-state index contributed by atoms with van der Waals surface area (Å²) >= 11 is 4.66. The molecule has 8 heteroatoms. The minimum absolute atomic E-state index is 0.233. The van der Waals surface area contributed by atoms with E-state index in [-0.39, 0.29) is 5.69 Å². The molecule has 1 aromatic rings. The fourth-order valence-corrected chi connectivity index (χ4v) is 2.22. The van der Waals surface area contributed by atoms with Crippen LogP contribution in [0.2, 0.25) is 0 Å². The van der Waals surface area contributed by atoms with Crippen LogP contribution in [0.25, 0.3) is 0 Å². The maximum atomic E-state index is 13.1. The Balaban J connectivity index is 2.65. The number of urea groups is 1. The molecule has 1 unspecified atom stereocenters. The zero-order valence-electron chi connectivity index (χ0n) is 10.7. The quantitative estimate of drug-likeness (QED) is 0.724. The van der Waals surface area contributed by atoms with E-state index in [0.29, 0.717) is 16.6 Å². The second-order valence-electron chi connectivity index (χ2n) is 3.89. The minimum Gasteiger partial charge on any atom is -0.480 e. The van der Waals surface area contributed by atoms with E-state index in [0.717, 1.165) is 6.07 Å². The highest BCUT2D eigenvalue weighted by Gasteiger charge is 2.19. The first-order valence-electron chi connectivity index (χ1n) is 5.68. The monoisotopic (exact) mass is 364 g/mol. The van der Waals surface area contributed by atoms with Crippen LogP contribution >= 0.6 is 27.7 Å². The highest BCUT2D eigenvalue weighted by atomic mass is 79.9. The Morgan fingerprint density at radius 1 is 1.50 bits per heavy atom. The molecule has 0 fully saturated rings. The molecule has 0 aliphatic carbocycles. The fraction of sp³-hybridized carbons (Fsp3) is 0.333. The molecule has 0 saturated carbocycles. The largest absolute Gasteiger partial charge is 0.480 e. The number of rotatable bonds is 6. The summed E-state index contributed by atoms with van der Waals surface area (Å²) in [6.07, 6.45) is 2.16. The van der Waals surface area contributed by atoms with E-state index < -0.39 is 23.9 Å². The number of amides is 2. The number of carbonyl (C=O) groups is 2. The van der Waals surface area contributed by atoms with Crippen molar-refractivity contribution in [3.05, 3.63) is 28.5 Å². The molecule has 2 amide bonds. The lowest BCUT2D eigenvalue weighted by Crippen LogP contribution is -2.43. The second kappa shape index (κ2) is 8.11. The Labute approximate surface area is 128 Å². The van der Waals surface area contributed by atoms with Crippen LogP contribution in [0.5, 0.6) is 0 Å². The number of hydrogen-bond acceptors (Lipinski definition) is 3. The maximum Gasteiger partial charge on any atom is 0.326 e. The van der Waals surface area contributed by atoms with Crippen LogP contribution < -0.4 is 10.6 Å². The zero-order valence-corrected chi connectivity index (χ0v) is 13.1. The van der Waals surface area contributed by atoms with Crippen LogP contribution in [0, 0.1) is 5.82 Å². The van der Waals surface area contributed by atoms with Crippen molar-refractivity contribution in [1.29, 1.82) is 0 Å². The Kier molecular flexibility index (Phi) is 6.80. The number of benzene rings is 1. The number of hydrogen-bond donors (Lipinski definition) is 3. The van der Waals surface area contributed by atoms with Gasteiger partial charge < -0.3 is 15.7 Å². The molecule has 110 valence electrons. The minimum atomic E-state index is -1.10. The molecule has 0 aliphatic rings. The predicted octanol–water partition coefficient (Wildman–Crippen LogP) is 2.92. The van der Waals surface area contributed by atoms with E-state index in [9.17, 15) is 14.0 Å². The Morgan fingerprint density at radius 3 is 2.80 bits per heavy atom. The fourth-order valence-electron chi connectivity index (χ4n) is 1.40. The van der Waals surface area contributed by atoms with Gasteiger partial charge in [0, 0.05) is 4.47 Å². The van der Waals surface area contributed by atoms with E-state index >= 15 is 0 Å². The van der Waals surface area contributed by atoms with Crippen molar-refractivity contribution in [3.63, 3.8) is 0 Å². The van der Waals surface area contributed by atoms with E-state index in [1.165, 1.54) is 23.9 Å². The summed E-state index contributed by atoms with van der Waals surface area (Å²) in [4.78, 5) is 22.7. The van der Waals surface area contributed by atoms with Crippen molar-refractivity contribution in [3.8, 4) is 0 Å². The molecular formula is C12H14BrFN2O3S. The van der Waals surface area contributed by atoms with E-state index in [1.807, 2.05) is 6.26 Å². The first-order valence-corrected chi connectivity index (χ1v) is 7.87. The van der Waals surface area contributed by atoms with E-state index in [1.54, 1.807) is 0 Å². The summed E-state index contributed by atoms with van der Waals surface area (Å²) in [6.45, 7) is 0. The lowest BCUT2D eigenvalue weighted by molar-refractivity contribution is -0.139. The molecule has 0 bridgehead atoms. The molecule has 1 atom stereocenters. The summed E-state index contributed by atoms with van der Waals surface area (Å²) in [6, 6.07) is 2.17. The first kappa shape index (κ1) is 16.8. The molecule has 0 aromatic heterocycles. The number of carboxylic acids is 1. The molecule has 5 nitrogen and oxygen atoms in total. The Hall–Kier alpha value is -1.28. The molecule has 1 aromatic carbocycles. The molecule has 0 radical (unpaired) electrons. The third-order valence-electron chi connectivity index (χ3n) is 2.39. The summed E-state index contributed by atoms with van der Waals surface area (Å²) in [5, 5.41) is 13.7. The van der Waals surface area contributed by atoms with Crippen molar-refractivity contribution in [1.82, 2.24) is 5.32 Å². The highest BCUT2D eigenvalue weighted by Crippen LogP contribution is 2.22. The SMILES string of the molecule is CSCCC(NC(=O)Nc1cc(F)ccc1Br)C(=O)O. The van der Waals surface area contributed by atoms with Crippen molar-refractivity contribution >= 4 is 45.4 Å². The molecule has 20 heavy (non-hydrogen) atoms. The number of anilines is 1. The molecule has 1 rings (SSSR count).